The molecule has 5 heteroatoms. The number of para-hydroxylation sites is 1. The first-order valence-electron chi connectivity index (χ1n) is 7.34. The van der Waals surface area contributed by atoms with Crippen molar-refractivity contribution in [2.24, 2.45) is 0 Å². The molecular formula is C19H15NO4. The number of aromatic hydroxyl groups is 1. The fourth-order valence-electron chi connectivity index (χ4n) is 2.30. The topological polar surface area (TPSA) is 79.5 Å². The number of aryl methyl sites for hydroxylation is 1. The third-order valence-electron chi connectivity index (χ3n) is 3.53. The fourth-order valence-corrected chi connectivity index (χ4v) is 2.30. The number of phenolic OH excluding ortho intramolecular Hbond substituents is 1. The van der Waals surface area contributed by atoms with Crippen LogP contribution >= 0.6 is 0 Å². The van der Waals surface area contributed by atoms with E-state index < -0.39 is 5.91 Å². The number of benzene rings is 2. The van der Waals surface area contributed by atoms with E-state index in [-0.39, 0.29) is 16.7 Å². The molecule has 0 atom stereocenters. The number of carbonyl (C=O) groups is 1. The number of anilines is 1. The van der Waals surface area contributed by atoms with Gasteiger partial charge in [0.05, 0.1) is 16.6 Å². The van der Waals surface area contributed by atoms with Crippen molar-refractivity contribution in [1.29, 1.82) is 0 Å². The second kappa shape index (κ2) is 6.42. The highest BCUT2D eigenvalue weighted by Crippen LogP contribution is 2.23. The van der Waals surface area contributed by atoms with Crippen molar-refractivity contribution in [2.45, 2.75) is 6.92 Å². The van der Waals surface area contributed by atoms with Gasteiger partial charge in [-0.25, -0.2) is 0 Å². The van der Waals surface area contributed by atoms with Gasteiger partial charge in [0.15, 0.2) is 5.43 Å². The maximum atomic E-state index is 12.3. The molecule has 1 heterocycles. The molecule has 1 amide bonds. The largest absolute Gasteiger partial charge is 0.506 e. The lowest BCUT2D eigenvalue weighted by Crippen LogP contribution is -2.09. The predicted octanol–water partition coefficient (Wildman–Crippen LogP) is 3.46. The van der Waals surface area contributed by atoms with E-state index in [1.807, 2.05) is 6.92 Å². The van der Waals surface area contributed by atoms with E-state index in [4.69, 9.17) is 4.42 Å². The number of fused-ring (bicyclic) bond motifs is 1. The van der Waals surface area contributed by atoms with E-state index in [9.17, 15) is 14.7 Å². The van der Waals surface area contributed by atoms with Crippen LogP contribution < -0.4 is 10.7 Å². The lowest BCUT2D eigenvalue weighted by Gasteiger charge is -2.05. The van der Waals surface area contributed by atoms with Crippen molar-refractivity contribution in [3.63, 3.8) is 0 Å². The van der Waals surface area contributed by atoms with Crippen LogP contribution in [0.5, 0.6) is 5.75 Å². The summed E-state index contributed by atoms with van der Waals surface area (Å²) in [4.78, 5) is 24.3. The zero-order valence-corrected chi connectivity index (χ0v) is 12.9. The number of hydrogen-bond acceptors (Lipinski definition) is 4. The number of phenols is 1. The quantitative estimate of drug-likeness (QED) is 0.572. The molecule has 0 fully saturated rings. The van der Waals surface area contributed by atoms with Crippen molar-refractivity contribution in [3.05, 3.63) is 76.2 Å². The molecule has 0 unspecified atom stereocenters. The second-order valence-electron chi connectivity index (χ2n) is 5.36. The van der Waals surface area contributed by atoms with Gasteiger partial charge in [-0.1, -0.05) is 18.2 Å². The fraction of sp³-hybridized carbons (Fsp3) is 0.0526. The minimum atomic E-state index is -0.455. The first-order valence-corrected chi connectivity index (χ1v) is 7.34. The van der Waals surface area contributed by atoms with Crippen LogP contribution in [-0.4, -0.2) is 11.0 Å². The smallest absolute Gasteiger partial charge is 0.248 e. The summed E-state index contributed by atoms with van der Waals surface area (Å²) in [5, 5.41) is 12.8. The third-order valence-corrected chi connectivity index (χ3v) is 3.53. The Morgan fingerprint density at radius 3 is 2.83 bits per heavy atom. The van der Waals surface area contributed by atoms with Crippen LogP contribution in [0.25, 0.3) is 17.0 Å². The van der Waals surface area contributed by atoms with Gasteiger partial charge in [0, 0.05) is 6.08 Å². The van der Waals surface area contributed by atoms with E-state index >= 15 is 0 Å². The summed E-state index contributed by atoms with van der Waals surface area (Å²) in [5.41, 5.74) is 1.78. The first kappa shape index (κ1) is 15.6. The van der Waals surface area contributed by atoms with Crippen LogP contribution in [0.3, 0.4) is 0 Å². The Kier molecular flexibility index (Phi) is 4.16. The summed E-state index contributed by atoms with van der Waals surface area (Å²) in [6.45, 7) is 1.85. The van der Waals surface area contributed by atoms with E-state index in [0.717, 1.165) is 5.56 Å². The maximum absolute atomic E-state index is 12.3. The molecule has 5 nitrogen and oxygen atoms in total. The van der Waals surface area contributed by atoms with Gasteiger partial charge in [0.2, 0.25) is 5.91 Å². The minimum Gasteiger partial charge on any atom is -0.506 e. The average molecular weight is 321 g/mol. The lowest BCUT2D eigenvalue weighted by molar-refractivity contribution is -0.111. The second-order valence-corrected chi connectivity index (χ2v) is 5.36. The van der Waals surface area contributed by atoms with E-state index in [1.54, 1.807) is 36.4 Å². The number of rotatable bonds is 3. The lowest BCUT2D eigenvalue weighted by atomic mass is 10.1. The molecule has 0 radical (unpaired) electrons. The molecule has 1 aromatic heterocycles. The van der Waals surface area contributed by atoms with Gasteiger partial charge in [-0.2, -0.15) is 0 Å². The predicted molar refractivity (Wildman–Crippen MR) is 93.0 cm³/mol. The highest BCUT2D eigenvalue weighted by molar-refractivity contribution is 6.02. The Balaban J connectivity index is 1.83. The Bertz CT molecular complexity index is 1000. The van der Waals surface area contributed by atoms with Crippen molar-refractivity contribution >= 4 is 28.6 Å². The molecule has 0 saturated carbocycles. The number of hydrogen-bond donors (Lipinski definition) is 2. The molecule has 3 rings (SSSR count). The van der Waals surface area contributed by atoms with Crippen LogP contribution in [0, 0.1) is 6.92 Å². The summed E-state index contributed by atoms with van der Waals surface area (Å²) in [6.07, 6.45) is 3.93. The van der Waals surface area contributed by atoms with Crippen molar-refractivity contribution in [3.8, 4) is 5.75 Å². The molecule has 0 saturated heterocycles. The van der Waals surface area contributed by atoms with Crippen molar-refractivity contribution in [2.75, 3.05) is 5.32 Å². The van der Waals surface area contributed by atoms with Gasteiger partial charge >= 0.3 is 0 Å². The molecule has 24 heavy (non-hydrogen) atoms. The van der Waals surface area contributed by atoms with Crippen LogP contribution in [0.2, 0.25) is 0 Å². The summed E-state index contributed by atoms with van der Waals surface area (Å²) >= 11 is 0. The number of amides is 1. The van der Waals surface area contributed by atoms with Gasteiger partial charge in [0.25, 0.3) is 0 Å². The molecular weight excluding hydrogens is 306 g/mol. The van der Waals surface area contributed by atoms with Crippen LogP contribution in [0.15, 0.2) is 64.0 Å². The van der Waals surface area contributed by atoms with Crippen LogP contribution in [0.1, 0.15) is 11.1 Å². The average Bonchev–Trinajstić information content (AvgIpc) is 2.58. The van der Waals surface area contributed by atoms with E-state index in [1.165, 1.54) is 24.5 Å². The molecule has 0 bridgehead atoms. The van der Waals surface area contributed by atoms with Gasteiger partial charge in [-0.05, 0) is 42.8 Å². The Morgan fingerprint density at radius 1 is 1.21 bits per heavy atom. The van der Waals surface area contributed by atoms with Crippen LogP contribution in [-0.2, 0) is 4.79 Å². The molecule has 2 aromatic carbocycles. The first-order chi connectivity index (χ1) is 11.5. The standard InChI is InChI=1S/C19H15NO4/c1-12-6-8-16(21)15(10-12)20-18(22)9-7-13-11-24-17-5-3-2-4-14(17)19(13)23/h2-11,21H,1H3,(H,20,22)/b9-7+. The van der Waals surface area contributed by atoms with E-state index in [2.05, 4.69) is 5.32 Å². The number of carbonyl (C=O) groups excluding carboxylic acids is 1. The van der Waals surface area contributed by atoms with Crippen LogP contribution in [0.4, 0.5) is 5.69 Å². The van der Waals surface area contributed by atoms with Gasteiger partial charge in [-0.3, -0.25) is 9.59 Å². The zero-order valence-electron chi connectivity index (χ0n) is 12.9. The van der Waals surface area contributed by atoms with Crippen molar-refractivity contribution < 1.29 is 14.3 Å². The highest BCUT2D eigenvalue weighted by Gasteiger charge is 2.06. The molecule has 120 valence electrons. The minimum absolute atomic E-state index is 0.0208. The van der Waals surface area contributed by atoms with E-state index in [0.29, 0.717) is 16.7 Å². The summed E-state index contributed by atoms with van der Waals surface area (Å²) in [7, 11) is 0. The van der Waals surface area contributed by atoms with Gasteiger partial charge < -0.3 is 14.8 Å². The monoisotopic (exact) mass is 321 g/mol. The molecule has 0 spiro atoms. The zero-order chi connectivity index (χ0) is 17.1. The third kappa shape index (κ3) is 3.20. The Morgan fingerprint density at radius 2 is 2.00 bits per heavy atom. The number of nitrogens with one attached hydrogen (secondary N) is 1. The normalized spacial score (nSPS) is 11.0. The summed E-state index contributed by atoms with van der Waals surface area (Å²) in [5.74, 6) is -0.476. The van der Waals surface area contributed by atoms with Crippen molar-refractivity contribution in [1.82, 2.24) is 0 Å². The molecule has 0 aliphatic carbocycles. The SMILES string of the molecule is Cc1ccc(O)c(NC(=O)/C=C/c2coc3ccccc3c2=O)c1. The molecule has 0 aliphatic heterocycles. The molecule has 2 N–H and O–H groups in total. The molecule has 3 aromatic rings. The van der Waals surface area contributed by atoms with Gasteiger partial charge in [0.1, 0.15) is 17.6 Å². The summed E-state index contributed by atoms with van der Waals surface area (Å²) in [6, 6.07) is 11.8. The Labute approximate surface area is 137 Å². The Hall–Kier alpha value is -3.34. The highest BCUT2D eigenvalue weighted by atomic mass is 16.3. The maximum Gasteiger partial charge on any atom is 0.248 e. The molecule has 0 aliphatic rings. The van der Waals surface area contributed by atoms with Gasteiger partial charge in [-0.15, -0.1) is 0 Å². The summed E-state index contributed by atoms with van der Waals surface area (Å²) < 4.78 is 5.39.